The quantitative estimate of drug-likeness (QED) is 0.644. The van der Waals surface area contributed by atoms with E-state index in [0.29, 0.717) is 19.4 Å². The first-order valence-electron chi connectivity index (χ1n) is 7.42. The van der Waals surface area contributed by atoms with Gasteiger partial charge in [-0.05, 0) is 30.8 Å². The molecule has 1 saturated carbocycles. The molecule has 8 nitrogen and oxygen atoms in total. The van der Waals surface area contributed by atoms with E-state index < -0.39 is 22.0 Å². The van der Waals surface area contributed by atoms with E-state index in [9.17, 15) is 18.0 Å². The summed E-state index contributed by atoms with van der Waals surface area (Å²) in [4.78, 5) is 24.2. The zero-order valence-corrected chi connectivity index (χ0v) is 15.0. The van der Waals surface area contributed by atoms with Gasteiger partial charge < -0.3 is 9.84 Å². The average molecular weight is 376 g/mol. The van der Waals surface area contributed by atoms with E-state index in [1.165, 1.54) is 18.6 Å². The summed E-state index contributed by atoms with van der Waals surface area (Å²) in [5, 5.41) is 10.4. The van der Waals surface area contributed by atoms with Crippen LogP contribution in [0.2, 0.25) is 0 Å². The number of carbonyl (C=O) groups excluding carboxylic acids is 1. The maximum atomic E-state index is 12.4. The van der Waals surface area contributed by atoms with Crippen molar-refractivity contribution >= 4 is 33.3 Å². The van der Waals surface area contributed by atoms with Crippen LogP contribution in [0.15, 0.2) is 16.3 Å². The minimum atomic E-state index is -3.82. The van der Waals surface area contributed by atoms with Crippen LogP contribution in [0, 0.1) is 0 Å². The van der Waals surface area contributed by atoms with Gasteiger partial charge in [0.15, 0.2) is 0 Å². The third kappa shape index (κ3) is 4.12. The first kappa shape index (κ1) is 18.8. The number of thiophene rings is 1. The van der Waals surface area contributed by atoms with Gasteiger partial charge in [0.25, 0.3) is 0 Å². The normalized spacial score (nSPS) is 20.6. The second-order valence-electron chi connectivity index (χ2n) is 5.51. The molecule has 0 aliphatic heterocycles. The number of methoxy groups -OCH3 is 1. The molecule has 1 fully saturated rings. The topological polar surface area (TPSA) is 113 Å². The number of carboxylic acid groups (broad SMARTS) is 1. The molecule has 0 spiro atoms. The van der Waals surface area contributed by atoms with Crippen molar-refractivity contribution in [2.45, 2.75) is 36.7 Å². The van der Waals surface area contributed by atoms with Crippen molar-refractivity contribution in [1.82, 2.24) is 9.62 Å². The van der Waals surface area contributed by atoms with Crippen LogP contribution in [0.5, 0.6) is 0 Å². The van der Waals surface area contributed by atoms with Crippen molar-refractivity contribution in [2.75, 3.05) is 20.2 Å². The number of nitrogens with one attached hydrogen (secondary N) is 1. The standard InChI is InChI=1S/C14H20N2O6S2/c1-3-16(8-12(17)18)10-6-9(7-10)15-24(20,21)11-4-5-23-13(11)14(19)22-2/h4-5,9-10,15H,3,6-8H2,1-2H3,(H,17,18). The van der Waals surface area contributed by atoms with E-state index in [4.69, 9.17) is 5.11 Å². The van der Waals surface area contributed by atoms with Crippen LogP contribution >= 0.6 is 11.3 Å². The van der Waals surface area contributed by atoms with Gasteiger partial charge in [-0.25, -0.2) is 17.9 Å². The summed E-state index contributed by atoms with van der Waals surface area (Å²) < 4.78 is 32.0. The number of likely N-dealkylation sites (N-methyl/N-ethyl adjacent to an activating group) is 1. The Balaban J connectivity index is 1.99. The summed E-state index contributed by atoms with van der Waals surface area (Å²) in [5.74, 6) is -1.59. The van der Waals surface area contributed by atoms with Crippen LogP contribution < -0.4 is 4.72 Å². The van der Waals surface area contributed by atoms with Gasteiger partial charge >= 0.3 is 11.9 Å². The van der Waals surface area contributed by atoms with Crippen molar-refractivity contribution in [2.24, 2.45) is 0 Å². The maximum Gasteiger partial charge on any atom is 0.349 e. The van der Waals surface area contributed by atoms with E-state index >= 15 is 0 Å². The monoisotopic (exact) mass is 376 g/mol. The number of sulfonamides is 1. The van der Waals surface area contributed by atoms with Gasteiger partial charge in [-0.3, -0.25) is 9.69 Å². The Labute approximate surface area is 144 Å². The highest BCUT2D eigenvalue weighted by atomic mass is 32.2. The van der Waals surface area contributed by atoms with Crippen molar-refractivity contribution in [3.05, 3.63) is 16.3 Å². The summed E-state index contributed by atoms with van der Waals surface area (Å²) in [6.07, 6.45) is 1.08. The van der Waals surface area contributed by atoms with Gasteiger partial charge in [0.1, 0.15) is 9.77 Å². The number of hydrogen-bond donors (Lipinski definition) is 2. The Kier molecular flexibility index (Phi) is 5.97. The van der Waals surface area contributed by atoms with Crippen LogP contribution in [0.3, 0.4) is 0 Å². The predicted octanol–water partition coefficient (Wildman–Crippen LogP) is 0.751. The Hall–Kier alpha value is -1.49. The molecule has 0 atom stereocenters. The van der Waals surface area contributed by atoms with Gasteiger partial charge in [-0.15, -0.1) is 11.3 Å². The number of hydrogen-bond acceptors (Lipinski definition) is 7. The van der Waals surface area contributed by atoms with Gasteiger partial charge in [0, 0.05) is 12.1 Å². The second kappa shape index (κ2) is 7.60. The Bertz CT molecular complexity index is 709. The Morgan fingerprint density at radius 2 is 2.12 bits per heavy atom. The van der Waals surface area contributed by atoms with Crippen molar-refractivity contribution < 1.29 is 27.9 Å². The fourth-order valence-electron chi connectivity index (χ4n) is 2.69. The molecule has 10 heteroatoms. The first-order valence-corrected chi connectivity index (χ1v) is 9.78. The third-order valence-electron chi connectivity index (χ3n) is 3.99. The van der Waals surface area contributed by atoms with Gasteiger partial charge in [0.05, 0.1) is 13.7 Å². The number of aliphatic carboxylic acids is 1. The fourth-order valence-corrected chi connectivity index (χ4v) is 5.28. The smallest absolute Gasteiger partial charge is 0.349 e. The van der Waals surface area contributed by atoms with Crippen LogP contribution in [0.4, 0.5) is 0 Å². The highest BCUT2D eigenvalue weighted by Crippen LogP contribution is 2.29. The minimum absolute atomic E-state index is 0.0429. The zero-order valence-electron chi connectivity index (χ0n) is 13.4. The molecule has 0 bridgehead atoms. The van der Waals surface area contributed by atoms with Crippen LogP contribution in [0.25, 0.3) is 0 Å². The number of esters is 1. The molecule has 0 aromatic carbocycles. The summed E-state index contributed by atoms with van der Waals surface area (Å²) in [6.45, 7) is 2.40. The van der Waals surface area contributed by atoms with Gasteiger partial charge in [-0.2, -0.15) is 0 Å². The molecule has 1 aliphatic carbocycles. The average Bonchev–Trinajstić information content (AvgIpc) is 2.98. The van der Waals surface area contributed by atoms with Crippen molar-refractivity contribution in [3.63, 3.8) is 0 Å². The molecule has 2 rings (SSSR count). The summed E-state index contributed by atoms with van der Waals surface area (Å²) in [7, 11) is -2.62. The van der Waals surface area contributed by atoms with E-state index in [1.807, 2.05) is 6.92 Å². The lowest BCUT2D eigenvalue weighted by Crippen LogP contribution is -2.54. The molecule has 24 heavy (non-hydrogen) atoms. The maximum absolute atomic E-state index is 12.4. The van der Waals surface area contributed by atoms with E-state index in [0.717, 1.165) is 11.3 Å². The molecule has 2 N–H and O–H groups in total. The van der Waals surface area contributed by atoms with E-state index in [2.05, 4.69) is 9.46 Å². The highest BCUT2D eigenvalue weighted by molar-refractivity contribution is 7.89. The SMILES string of the molecule is CCN(CC(=O)O)C1CC(NS(=O)(=O)c2ccsc2C(=O)OC)C1. The minimum Gasteiger partial charge on any atom is -0.480 e. The highest BCUT2D eigenvalue weighted by Gasteiger charge is 2.37. The Morgan fingerprint density at radius 1 is 1.46 bits per heavy atom. The molecular formula is C14H20N2O6S2. The largest absolute Gasteiger partial charge is 0.480 e. The lowest BCUT2D eigenvalue weighted by Gasteiger charge is -2.42. The lowest BCUT2D eigenvalue weighted by atomic mass is 9.86. The predicted molar refractivity (Wildman–Crippen MR) is 87.7 cm³/mol. The molecule has 1 aromatic rings. The van der Waals surface area contributed by atoms with Gasteiger partial charge in [0.2, 0.25) is 10.0 Å². The van der Waals surface area contributed by atoms with Crippen molar-refractivity contribution in [3.8, 4) is 0 Å². The zero-order chi connectivity index (χ0) is 17.9. The molecule has 0 unspecified atom stereocenters. The molecule has 1 aromatic heterocycles. The molecular weight excluding hydrogens is 356 g/mol. The fraction of sp³-hybridized carbons (Fsp3) is 0.571. The number of rotatable bonds is 8. The molecule has 0 radical (unpaired) electrons. The molecule has 0 saturated heterocycles. The Morgan fingerprint density at radius 3 is 2.67 bits per heavy atom. The molecule has 1 heterocycles. The second-order valence-corrected chi connectivity index (χ2v) is 8.10. The van der Waals surface area contributed by atoms with Gasteiger partial charge in [-0.1, -0.05) is 6.92 Å². The molecule has 1 aliphatic rings. The van der Waals surface area contributed by atoms with E-state index in [-0.39, 0.29) is 28.4 Å². The van der Waals surface area contributed by atoms with Crippen LogP contribution in [-0.2, 0) is 19.6 Å². The number of nitrogens with zero attached hydrogens (tertiary/aromatic N) is 1. The summed E-state index contributed by atoms with van der Waals surface area (Å²) in [6, 6.07) is 1.15. The lowest BCUT2D eigenvalue weighted by molar-refractivity contribution is -0.139. The number of carboxylic acids is 1. The third-order valence-corrected chi connectivity index (χ3v) is 6.57. The van der Waals surface area contributed by atoms with Crippen LogP contribution in [-0.4, -0.2) is 62.6 Å². The van der Waals surface area contributed by atoms with Crippen LogP contribution in [0.1, 0.15) is 29.4 Å². The number of carbonyl (C=O) groups is 2. The van der Waals surface area contributed by atoms with Crippen molar-refractivity contribution in [1.29, 1.82) is 0 Å². The molecule has 0 amide bonds. The number of ether oxygens (including phenoxy) is 1. The summed E-state index contributed by atoms with van der Waals surface area (Å²) in [5.41, 5.74) is 0. The molecule has 134 valence electrons. The summed E-state index contributed by atoms with van der Waals surface area (Å²) >= 11 is 1.01. The first-order chi connectivity index (χ1) is 11.3. The van der Waals surface area contributed by atoms with E-state index in [1.54, 1.807) is 4.90 Å².